The van der Waals surface area contributed by atoms with Gasteiger partial charge < -0.3 is 5.32 Å². The molecular formula is C23H20FN5OS. The SMILES string of the molecule is CN=C1NC(=O)S/C1=C\c1ccc2nn(Cc3ccc(F)cc3C(C)(C)C#N)cc2c1. The molecule has 0 spiro atoms. The highest BCUT2D eigenvalue weighted by atomic mass is 32.2. The van der Waals surface area contributed by atoms with Crippen molar-refractivity contribution in [1.29, 1.82) is 5.26 Å². The summed E-state index contributed by atoms with van der Waals surface area (Å²) in [4.78, 5) is 16.5. The van der Waals surface area contributed by atoms with Gasteiger partial charge in [0.05, 0.1) is 28.5 Å². The topological polar surface area (TPSA) is 83.1 Å². The summed E-state index contributed by atoms with van der Waals surface area (Å²) in [5, 5.41) is 17.6. The van der Waals surface area contributed by atoms with Gasteiger partial charge in [-0.1, -0.05) is 12.1 Å². The van der Waals surface area contributed by atoms with Gasteiger partial charge in [0.15, 0.2) is 0 Å². The minimum absolute atomic E-state index is 0.142. The van der Waals surface area contributed by atoms with Crippen molar-refractivity contribution in [2.75, 3.05) is 7.05 Å². The number of carbonyl (C=O) groups excluding carboxylic acids is 1. The number of rotatable bonds is 4. The van der Waals surface area contributed by atoms with Crippen molar-refractivity contribution in [3.63, 3.8) is 0 Å². The molecular weight excluding hydrogens is 413 g/mol. The van der Waals surface area contributed by atoms with E-state index in [4.69, 9.17) is 0 Å². The number of fused-ring (bicyclic) bond motifs is 1. The first-order valence-corrected chi connectivity index (χ1v) is 10.5. The molecule has 2 aromatic carbocycles. The van der Waals surface area contributed by atoms with Gasteiger partial charge in [0.25, 0.3) is 5.24 Å². The Hall–Kier alpha value is -3.44. The Bertz CT molecular complexity index is 1300. The van der Waals surface area contributed by atoms with Crippen molar-refractivity contribution in [2.24, 2.45) is 4.99 Å². The Morgan fingerprint density at radius 1 is 1.32 bits per heavy atom. The summed E-state index contributed by atoms with van der Waals surface area (Å²) in [6.07, 6.45) is 3.83. The second kappa shape index (κ2) is 8.00. The van der Waals surface area contributed by atoms with E-state index in [0.717, 1.165) is 38.7 Å². The average Bonchev–Trinajstić information content (AvgIpc) is 3.30. The smallest absolute Gasteiger partial charge is 0.289 e. The van der Waals surface area contributed by atoms with E-state index in [0.29, 0.717) is 17.9 Å². The largest absolute Gasteiger partial charge is 0.300 e. The molecule has 3 aromatic rings. The Labute approximate surface area is 183 Å². The lowest BCUT2D eigenvalue weighted by molar-refractivity contribution is 0.265. The molecule has 2 heterocycles. The first-order chi connectivity index (χ1) is 14.8. The number of aliphatic imine (C=N–C) groups is 1. The Morgan fingerprint density at radius 2 is 2.13 bits per heavy atom. The number of amidine groups is 1. The summed E-state index contributed by atoms with van der Waals surface area (Å²) in [7, 11) is 1.64. The van der Waals surface area contributed by atoms with Crippen LogP contribution in [0.25, 0.3) is 17.0 Å². The summed E-state index contributed by atoms with van der Waals surface area (Å²) >= 11 is 1.12. The summed E-state index contributed by atoms with van der Waals surface area (Å²) in [6.45, 7) is 3.98. The van der Waals surface area contributed by atoms with E-state index in [-0.39, 0.29) is 11.1 Å². The van der Waals surface area contributed by atoms with Crippen molar-refractivity contribution in [2.45, 2.75) is 25.8 Å². The average molecular weight is 434 g/mol. The Balaban J connectivity index is 1.66. The van der Waals surface area contributed by atoms with E-state index >= 15 is 0 Å². The van der Waals surface area contributed by atoms with E-state index in [1.807, 2.05) is 30.5 Å². The fraction of sp³-hybridized carbons (Fsp3) is 0.217. The highest BCUT2D eigenvalue weighted by molar-refractivity contribution is 8.18. The third-order valence-electron chi connectivity index (χ3n) is 5.11. The first-order valence-electron chi connectivity index (χ1n) is 9.64. The number of nitriles is 1. The molecule has 1 amide bonds. The molecule has 1 aliphatic rings. The second-order valence-electron chi connectivity index (χ2n) is 7.78. The van der Waals surface area contributed by atoms with E-state index in [1.54, 1.807) is 31.6 Å². The van der Waals surface area contributed by atoms with Gasteiger partial charge in [-0.25, -0.2) is 4.39 Å². The summed E-state index contributed by atoms with van der Waals surface area (Å²) in [6, 6.07) is 12.6. The number of halogens is 1. The van der Waals surface area contributed by atoms with E-state index in [1.165, 1.54) is 12.1 Å². The van der Waals surface area contributed by atoms with Crippen LogP contribution >= 0.6 is 11.8 Å². The zero-order chi connectivity index (χ0) is 22.2. The number of aromatic nitrogens is 2. The molecule has 0 atom stereocenters. The lowest BCUT2D eigenvalue weighted by Gasteiger charge is -2.20. The van der Waals surface area contributed by atoms with Crippen LogP contribution in [0.4, 0.5) is 9.18 Å². The normalized spacial score (nSPS) is 16.8. The molecule has 1 aliphatic heterocycles. The molecule has 8 heteroatoms. The van der Waals surface area contributed by atoms with Gasteiger partial charge in [0, 0.05) is 18.6 Å². The van der Waals surface area contributed by atoms with Gasteiger partial charge in [-0.15, -0.1) is 0 Å². The minimum atomic E-state index is -0.813. The van der Waals surface area contributed by atoms with Crippen molar-refractivity contribution in [3.8, 4) is 6.07 Å². The van der Waals surface area contributed by atoms with Crippen LogP contribution in [-0.2, 0) is 12.0 Å². The Morgan fingerprint density at radius 3 is 2.87 bits per heavy atom. The van der Waals surface area contributed by atoms with Crippen molar-refractivity contribution < 1.29 is 9.18 Å². The van der Waals surface area contributed by atoms with Gasteiger partial charge in [-0.3, -0.25) is 14.5 Å². The monoisotopic (exact) mass is 433 g/mol. The molecule has 0 aliphatic carbocycles. The molecule has 1 N–H and O–H groups in total. The second-order valence-corrected chi connectivity index (χ2v) is 8.79. The highest BCUT2D eigenvalue weighted by Crippen LogP contribution is 2.29. The maximum absolute atomic E-state index is 13.8. The van der Waals surface area contributed by atoms with Crippen LogP contribution in [0.15, 0.2) is 52.5 Å². The molecule has 156 valence electrons. The minimum Gasteiger partial charge on any atom is -0.300 e. The predicted octanol–water partition coefficient (Wildman–Crippen LogP) is 4.85. The number of amides is 1. The van der Waals surface area contributed by atoms with E-state index in [9.17, 15) is 14.4 Å². The van der Waals surface area contributed by atoms with Gasteiger partial charge >= 0.3 is 0 Å². The number of benzene rings is 2. The standard InChI is InChI=1S/C23H20FN5OS/c1-23(2,13-25)18-10-17(24)6-5-15(18)11-29-12-16-8-14(4-7-19(16)28-29)9-20-21(26-3)27-22(30)31-20/h4-10,12H,11H2,1-3H3,(H,26,27,30)/b20-9-. The lowest BCUT2D eigenvalue weighted by atomic mass is 9.83. The maximum Gasteiger partial charge on any atom is 0.289 e. The predicted molar refractivity (Wildman–Crippen MR) is 121 cm³/mol. The van der Waals surface area contributed by atoms with Crippen LogP contribution in [0.1, 0.15) is 30.5 Å². The molecule has 1 saturated heterocycles. The van der Waals surface area contributed by atoms with Gasteiger partial charge in [-0.2, -0.15) is 10.4 Å². The number of hydrogen-bond donors (Lipinski definition) is 1. The molecule has 31 heavy (non-hydrogen) atoms. The molecule has 4 rings (SSSR count). The van der Waals surface area contributed by atoms with Crippen molar-refractivity contribution in [3.05, 3.63) is 70.0 Å². The van der Waals surface area contributed by atoms with E-state index in [2.05, 4.69) is 21.5 Å². The summed E-state index contributed by atoms with van der Waals surface area (Å²) in [5.41, 5.74) is 2.44. The van der Waals surface area contributed by atoms with E-state index < -0.39 is 5.41 Å². The van der Waals surface area contributed by atoms with Crippen molar-refractivity contribution >= 4 is 39.8 Å². The van der Waals surface area contributed by atoms with Crippen LogP contribution in [0.3, 0.4) is 0 Å². The fourth-order valence-electron chi connectivity index (χ4n) is 3.52. The van der Waals surface area contributed by atoms with Gasteiger partial charge in [-0.05, 0) is 72.6 Å². The first kappa shape index (κ1) is 20.8. The molecule has 1 aromatic heterocycles. The Kier molecular flexibility index (Phi) is 5.38. The number of carbonyl (C=O) groups is 1. The van der Waals surface area contributed by atoms with Gasteiger partial charge in [0.1, 0.15) is 11.7 Å². The third-order valence-corrected chi connectivity index (χ3v) is 5.93. The third kappa shape index (κ3) is 4.23. The van der Waals surface area contributed by atoms with Crippen molar-refractivity contribution in [1.82, 2.24) is 15.1 Å². The number of nitrogens with zero attached hydrogens (tertiary/aromatic N) is 4. The lowest BCUT2D eigenvalue weighted by Crippen LogP contribution is -2.18. The molecule has 6 nitrogen and oxygen atoms in total. The van der Waals surface area contributed by atoms with Crippen LogP contribution in [0.5, 0.6) is 0 Å². The van der Waals surface area contributed by atoms with Gasteiger partial charge in [0.2, 0.25) is 0 Å². The molecule has 0 unspecified atom stereocenters. The quantitative estimate of drug-likeness (QED) is 0.638. The summed E-state index contributed by atoms with van der Waals surface area (Å²) in [5.74, 6) is 0.202. The molecule has 0 saturated carbocycles. The zero-order valence-corrected chi connectivity index (χ0v) is 18.1. The van der Waals surface area contributed by atoms with Crippen LogP contribution in [0, 0.1) is 17.1 Å². The number of thioether (sulfide) groups is 1. The number of nitrogens with one attached hydrogen (secondary N) is 1. The summed E-state index contributed by atoms with van der Waals surface area (Å²) < 4.78 is 15.6. The molecule has 0 bridgehead atoms. The maximum atomic E-state index is 13.8. The zero-order valence-electron chi connectivity index (χ0n) is 17.3. The van der Waals surface area contributed by atoms with Crippen LogP contribution in [-0.4, -0.2) is 27.9 Å². The molecule has 0 radical (unpaired) electrons. The highest BCUT2D eigenvalue weighted by Gasteiger charge is 2.24. The molecule has 1 fully saturated rings. The van der Waals surface area contributed by atoms with Crippen LogP contribution in [0.2, 0.25) is 0 Å². The van der Waals surface area contributed by atoms with Crippen LogP contribution < -0.4 is 5.32 Å². The number of hydrogen-bond acceptors (Lipinski definition) is 5. The fourth-order valence-corrected chi connectivity index (χ4v) is 4.30.